The fourth-order valence-electron chi connectivity index (χ4n) is 3.88. The van der Waals surface area contributed by atoms with Crippen molar-refractivity contribution in [2.45, 2.75) is 79.3 Å². The highest BCUT2D eigenvalue weighted by Gasteiger charge is 2.39. The third-order valence-corrected chi connectivity index (χ3v) is 6.30. The van der Waals surface area contributed by atoms with Crippen LogP contribution in [-0.4, -0.2) is 51.5 Å². The fourth-order valence-corrected chi connectivity index (χ4v) is 3.88. The second-order valence-corrected chi connectivity index (χ2v) is 8.43. The summed E-state index contributed by atoms with van der Waals surface area (Å²) in [5.41, 5.74) is 0. The summed E-state index contributed by atoms with van der Waals surface area (Å²) >= 11 is 0. The van der Waals surface area contributed by atoms with E-state index in [1.807, 2.05) is 6.92 Å². The number of esters is 1. The summed E-state index contributed by atoms with van der Waals surface area (Å²) in [7, 11) is 0. The zero-order valence-electron chi connectivity index (χ0n) is 17.0. The molecule has 1 aliphatic heterocycles. The number of Topliss-reactive ketones (excluding diaryl/α,β-unsaturated/α-hetero) is 1. The van der Waals surface area contributed by atoms with Crippen LogP contribution in [0.1, 0.15) is 54.9 Å². The predicted molar refractivity (Wildman–Crippen MR) is 98.2 cm³/mol. The fraction of sp³-hybridized carbons (Fsp3) is 0.900. The molecule has 1 heterocycles. The summed E-state index contributed by atoms with van der Waals surface area (Å²) in [4.78, 5) is 25.1. The molecular formula is C20H36O6. The Kier molecular flexibility index (Phi) is 8.24. The van der Waals surface area contributed by atoms with Crippen LogP contribution in [0.2, 0.25) is 0 Å². The molecule has 0 spiro atoms. The standard InChI is InChI=1S/C20H36O6/c1-9-8-10(2)17(22)13(5)19(24)14(6)20(25)26-15(7)11(3)18(23)12(4)16(9)21/h9-15,17-19,22-24H,8H2,1-7H3. The smallest absolute Gasteiger partial charge is 0.311 e. The Labute approximate surface area is 156 Å². The van der Waals surface area contributed by atoms with Gasteiger partial charge in [-0.05, 0) is 26.2 Å². The monoisotopic (exact) mass is 372 g/mol. The lowest BCUT2D eigenvalue weighted by Crippen LogP contribution is -2.45. The van der Waals surface area contributed by atoms with Crippen molar-refractivity contribution in [3.63, 3.8) is 0 Å². The number of hydrogen-bond donors (Lipinski definition) is 3. The lowest BCUT2D eigenvalue weighted by molar-refractivity contribution is -0.164. The molecule has 1 fully saturated rings. The Morgan fingerprint density at radius 2 is 1.27 bits per heavy atom. The first-order valence-electron chi connectivity index (χ1n) is 9.68. The van der Waals surface area contributed by atoms with Crippen molar-refractivity contribution in [1.29, 1.82) is 0 Å². The van der Waals surface area contributed by atoms with Crippen LogP contribution >= 0.6 is 0 Å². The average molecular weight is 373 g/mol. The van der Waals surface area contributed by atoms with E-state index >= 15 is 0 Å². The van der Waals surface area contributed by atoms with E-state index in [9.17, 15) is 24.9 Å². The third kappa shape index (κ3) is 5.05. The zero-order chi connectivity index (χ0) is 20.3. The molecule has 152 valence electrons. The lowest BCUT2D eigenvalue weighted by atomic mass is 9.77. The summed E-state index contributed by atoms with van der Waals surface area (Å²) in [6, 6.07) is 0. The number of carbonyl (C=O) groups is 2. The topological polar surface area (TPSA) is 104 Å². The molecule has 1 saturated heterocycles. The van der Waals surface area contributed by atoms with Crippen LogP contribution < -0.4 is 0 Å². The van der Waals surface area contributed by atoms with E-state index in [2.05, 4.69) is 0 Å². The average Bonchev–Trinajstić information content (AvgIpc) is 2.61. The molecule has 6 heteroatoms. The highest BCUT2D eigenvalue weighted by Crippen LogP contribution is 2.30. The first-order chi connectivity index (χ1) is 11.9. The summed E-state index contributed by atoms with van der Waals surface area (Å²) in [6.07, 6.45) is -2.98. The number of cyclic esters (lactones) is 1. The van der Waals surface area contributed by atoms with Crippen molar-refractivity contribution >= 4 is 11.8 Å². The largest absolute Gasteiger partial charge is 0.462 e. The Morgan fingerprint density at radius 1 is 0.769 bits per heavy atom. The second-order valence-electron chi connectivity index (χ2n) is 8.43. The highest BCUT2D eigenvalue weighted by molar-refractivity contribution is 5.83. The van der Waals surface area contributed by atoms with Crippen molar-refractivity contribution in [1.82, 2.24) is 0 Å². The Bertz CT molecular complexity index is 493. The maximum atomic E-state index is 12.7. The molecule has 0 aromatic heterocycles. The van der Waals surface area contributed by atoms with Gasteiger partial charge in [0, 0.05) is 23.7 Å². The summed E-state index contributed by atoms with van der Waals surface area (Å²) in [5, 5.41) is 31.6. The van der Waals surface area contributed by atoms with E-state index in [1.54, 1.807) is 41.5 Å². The first-order valence-corrected chi connectivity index (χ1v) is 9.68. The quantitative estimate of drug-likeness (QED) is 0.560. The van der Waals surface area contributed by atoms with Gasteiger partial charge in [-0.1, -0.05) is 34.6 Å². The van der Waals surface area contributed by atoms with Gasteiger partial charge in [0.2, 0.25) is 0 Å². The molecule has 1 aliphatic rings. The van der Waals surface area contributed by atoms with E-state index in [4.69, 9.17) is 4.74 Å². The van der Waals surface area contributed by atoms with Gasteiger partial charge in [0.1, 0.15) is 11.9 Å². The normalized spacial score (nSPS) is 47.2. The van der Waals surface area contributed by atoms with Gasteiger partial charge in [-0.3, -0.25) is 9.59 Å². The number of aliphatic hydroxyl groups is 3. The van der Waals surface area contributed by atoms with E-state index in [1.165, 1.54) is 0 Å². The van der Waals surface area contributed by atoms with Crippen molar-refractivity contribution in [2.24, 2.45) is 35.5 Å². The third-order valence-electron chi connectivity index (χ3n) is 6.30. The summed E-state index contributed by atoms with van der Waals surface area (Å²) < 4.78 is 5.43. The number of ether oxygens (including phenoxy) is 1. The molecule has 3 N–H and O–H groups in total. The molecule has 10 atom stereocenters. The Balaban J connectivity index is 3.17. The van der Waals surface area contributed by atoms with Gasteiger partial charge < -0.3 is 20.1 Å². The van der Waals surface area contributed by atoms with E-state index in [0.717, 1.165) is 0 Å². The molecular weight excluding hydrogens is 336 g/mol. The van der Waals surface area contributed by atoms with Crippen molar-refractivity contribution in [2.75, 3.05) is 0 Å². The predicted octanol–water partition coefficient (Wildman–Crippen LogP) is 1.79. The maximum absolute atomic E-state index is 12.7. The van der Waals surface area contributed by atoms with Gasteiger partial charge in [-0.15, -0.1) is 0 Å². The van der Waals surface area contributed by atoms with Crippen LogP contribution in [0.25, 0.3) is 0 Å². The molecule has 0 radical (unpaired) electrons. The summed E-state index contributed by atoms with van der Waals surface area (Å²) in [6.45, 7) is 12.0. The summed E-state index contributed by atoms with van der Waals surface area (Å²) in [5.74, 6) is -3.52. The number of hydrogen-bond acceptors (Lipinski definition) is 6. The number of carbonyl (C=O) groups excluding carboxylic acids is 2. The minimum absolute atomic E-state index is 0.0689. The highest BCUT2D eigenvalue weighted by atomic mass is 16.5. The van der Waals surface area contributed by atoms with E-state index in [-0.39, 0.29) is 17.6 Å². The van der Waals surface area contributed by atoms with Crippen LogP contribution in [-0.2, 0) is 14.3 Å². The van der Waals surface area contributed by atoms with Gasteiger partial charge >= 0.3 is 5.97 Å². The molecule has 0 bridgehead atoms. The number of aliphatic hydroxyl groups excluding tert-OH is 3. The molecule has 10 unspecified atom stereocenters. The van der Waals surface area contributed by atoms with Crippen LogP contribution in [0, 0.1) is 35.5 Å². The second kappa shape index (κ2) is 9.29. The maximum Gasteiger partial charge on any atom is 0.311 e. The Hall–Kier alpha value is -0.980. The SMILES string of the molecule is CC1CC(C)C(O)C(C)C(O)C(C)C(=O)OC(C)C(C)C(O)C(C)C1=O. The molecule has 1 rings (SSSR count). The molecule has 0 saturated carbocycles. The van der Waals surface area contributed by atoms with Crippen molar-refractivity contribution in [3.8, 4) is 0 Å². The van der Waals surface area contributed by atoms with Crippen LogP contribution in [0.4, 0.5) is 0 Å². The Morgan fingerprint density at radius 3 is 1.81 bits per heavy atom. The van der Waals surface area contributed by atoms with E-state index < -0.39 is 54.1 Å². The number of ketones is 1. The van der Waals surface area contributed by atoms with Crippen LogP contribution in [0.5, 0.6) is 0 Å². The number of rotatable bonds is 0. The van der Waals surface area contributed by atoms with Crippen molar-refractivity contribution < 1.29 is 29.6 Å². The van der Waals surface area contributed by atoms with Gasteiger partial charge in [0.05, 0.1) is 24.2 Å². The van der Waals surface area contributed by atoms with Gasteiger partial charge in [0.25, 0.3) is 0 Å². The van der Waals surface area contributed by atoms with Gasteiger partial charge in [0.15, 0.2) is 0 Å². The molecule has 6 nitrogen and oxygen atoms in total. The van der Waals surface area contributed by atoms with Gasteiger partial charge in [-0.2, -0.15) is 0 Å². The van der Waals surface area contributed by atoms with Crippen molar-refractivity contribution in [3.05, 3.63) is 0 Å². The first kappa shape index (κ1) is 23.1. The molecule has 0 aromatic rings. The van der Waals surface area contributed by atoms with Crippen LogP contribution in [0.15, 0.2) is 0 Å². The molecule has 26 heavy (non-hydrogen) atoms. The molecule has 0 amide bonds. The molecule has 0 aliphatic carbocycles. The van der Waals surface area contributed by atoms with Crippen LogP contribution in [0.3, 0.4) is 0 Å². The minimum atomic E-state index is -1.06. The minimum Gasteiger partial charge on any atom is -0.462 e. The van der Waals surface area contributed by atoms with E-state index in [0.29, 0.717) is 6.42 Å². The molecule has 0 aromatic carbocycles. The zero-order valence-corrected chi connectivity index (χ0v) is 17.0. The lowest BCUT2D eigenvalue weighted by Gasteiger charge is -2.35. The van der Waals surface area contributed by atoms with Gasteiger partial charge in [-0.25, -0.2) is 0 Å².